The summed E-state index contributed by atoms with van der Waals surface area (Å²) in [6, 6.07) is 6.80. The Balaban J connectivity index is 1.38. The summed E-state index contributed by atoms with van der Waals surface area (Å²) >= 11 is 0. The molecule has 0 radical (unpaired) electrons. The number of piperazine rings is 1. The highest BCUT2D eigenvalue weighted by Gasteiger charge is 2.25. The maximum Gasteiger partial charge on any atom is 0.317 e. The summed E-state index contributed by atoms with van der Waals surface area (Å²) in [5, 5.41) is 3.07. The van der Waals surface area contributed by atoms with Crippen molar-refractivity contribution in [3.05, 3.63) is 30.1 Å². The van der Waals surface area contributed by atoms with E-state index >= 15 is 0 Å². The zero-order chi connectivity index (χ0) is 18.4. The monoisotopic (exact) mass is 364 g/mol. The quantitative estimate of drug-likeness (QED) is 0.834. The van der Waals surface area contributed by atoms with Gasteiger partial charge in [0.25, 0.3) is 0 Å². The van der Waals surface area contributed by atoms with Gasteiger partial charge >= 0.3 is 6.03 Å². The van der Waals surface area contributed by atoms with Crippen LogP contribution in [0.15, 0.2) is 24.3 Å². The van der Waals surface area contributed by atoms with Crippen molar-refractivity contribution < 1.29 is 13.9 Å². The molecule has 2 amide bonds. The third-order valence-corrected chi connectivity index (χ3v) is 5.28. The van der Waals surface area contributed by atoms with Crippen molar-refractivity contribution in [1.29, 1.82) is 0 Å². The van der Waals surface area contributed by atoms with E-state index in [1.54, 1.807) is 19.2 Å². The molecule has 144 valence electrons. The lowest BCUT2D eigenvalue weighted by atomic mass is 10.1. The summed E-state index contributed by atoms with van der Waals surface area (Å²) in [6.07, 6.45) is 1.12. The van der Waals surface area contributed by atoms with Crippen molar-refractivity contribution in [3.63, 3.8) is 0 Å². The van der Waals surface area contributed by atoms with Crippen LogP contribution in [0.5, 0.6) is 0 Å². The fourth-order valence-electron chi connectivity index (χ4n) is 3.71. The average Bonchev–Trinajstić information content (AvgIpc) is 3.13. The van der Waals surface area contributed by atoms with Crippen molar-refractivity contribution in [2.45, 2.75) is 6.42 Å². The second-order valence-corrected chi connectivity index (χ2v) is 7.06. The molecule has 1 aromatic rings. The summed E-state index contributed by atoms with van der Waals surface area (Å²) in [7, 11) is 1.72. The largest absolute Gasteiger partial charge is 0.383 e. The average molecular weight is 364 g/mol. The normalized spacial score (nSPS) is 21.2. The highest BCUT2D eigenvalue weighted by atomic mass is 19.1. The Morgan fingerprint density at radius 3 is 2.73 bits per heavy atom. The zero-order valence-corrected chi connectivity index (χ0v) is 15.5. The number of carbonyl (C=O) groups is 1. The summed E-state index contributed by atoms with van der Waals surface area (Å²) in [6.45, 7) is 7.07. The lowest BCUT2D eigenvalue weighted by Crippen LogP contribution is -2.52. The molecule has 0 bridgehead atoms. The van der Waals surface area contributed by atoms with Crippen molar-refractivity contribution >= 4 is 11.7 Å². The van der Waals surface area contributed by atoms with Gasteiger partial charge in [-0.3, -0.25) is 0 Å². The van der Waals surface area contributed by atoms with Gasteiger partial charge in [0.2, 0.25) is 0 Å². The van der Waals surface area contributed by atoms with Gasteiger partial charge in [-0.2, -0.15) is 0 Å². The number of nitrogens with zero attached hydrogens (tertiary/aromatic N) is 3. The number of urea groups is 1. The molecule has 2 saturated heterocycles. The number of para-hydroxylation sites is 1. The molecule has 6 nitrogen and oxygen atoms in total. The molecule has 7 heteroatoms. The summed E-state index contributed by atoms with van der Waals surface area (Å²) in [5.41, 5.74) is 0.620. The first-order valence-corrected chi connectivity index (χ1v) is 9.41. The van der Waals surface area contributed by atoms with Gasteiger partial charge in [-0.1, -0.05) is 12.1 Å². The fourth-order valence-corrected chi connectivity index (χ4v) is 3.71. The van der Waals surface area contributed by atoms with Crippen LogP contribution in [0.25, 0.3) is 0 Å². The number of likely N-dealkylation sites (tertiary alicyclic amines) is 1. The molecule has 1 N–H and O–H groups in total. The summed E-state index contributed by atoms with van der Waals surface area (Å²) < 4.78 is 19.0. The van der Waals surface area contributed by atoms with Crippen LogP contribution in [0.3, 0.4) is 0 Å². The van der Waals surface area contributed by atoms with E-state index in [1.165, 1.54) is 6.07 Å². The summed E-state index contributed by atoms with van der Waals surface area (Å²) in [4.78, 5) is 18.6. The number of nitrogens with one attached hydrogen (secondary N) is 1. The third kappa shape index (κ3) is 4.86. The number of rotatable bonds is 6. The van der Waals surface area contributed by atoms with Gasteiger partial charge in [0.1, 0.15) is 5.82 Å². The van der Waals surface area contributed by atoms with Crippen LogP contribution in [0.2, 0.25) is 0 Å². The van der Waals surface area contributed by atoms with E-state index in [-0.39, 0.29) is 11.8 Å². The van der Waals surface area contributed by atoms with Gasteiger partial charge in [0, 0.05) is 52.9 Å². The standard InChI is InChI=1S/C19H29FN4O2/c1-26-13-12-22-7-6-16(15-22)14-21-19(25)24-10-8-23(9-11-24)18-5-3-2-4-17(18)20/h2-5,16H,6-15H2,1H3,(H,21,25)/t16-/m1/s1. The molecule has 0 aromatic heterocycles. The maximum atomic E-state index is 13.9. The Morgan fingerprint density at radius 2 is 2.00 bits per heavy atom. The first kappa shape index (κ1) is 18.9. The zero-order valence-electron chi connectivity index (χ0n) is 15.5. The molecule has 2 heterocycles. The Morgan fingerprint density at radius 1 is 1.23 bits per heavy atom. The second-order valence-electron chi connectivity index (χ2n) is 7.06. The molecule has 0 unspecified atom stereocenters. The Bertz CT molecular complexity index is 593. The molecular formula is C19H29FN4O2. The number of halogens is 1. The number of hydrogen-bond acceptors (Lipinski definition) is 4. The molecule has 2 aliphatic rings. The Labute approximate surface area is 154 Å². The van der Waals surface area contributed by atoms with Crippen molar-refractivity contribution in [1.82, 2.24) is 15.1 Å². The predicted molar refractivity (Wildman–Crippen MR) is 100 cm³/mol. The molecule has 2 aliphatic heterocycles. The van der Waals surface area contributed by atoms with Crippen LogP contribution in [-0.4, -0.2) is 81.9 Å². The van der Waals surface area contributed by atoms with Crippen molar-refractivity contribution in [2.24, 2.45) is 5.92 Å². The first-order chi connectivity index (χ1) is 12.7. The van der Waals surface area contributed by atoms with Gasteiger partial charge in [0.05, 0.1) is 12.3 Å². The molecule has 1 atom stereocenters. The molecule has 0 aliphatic carbocycles. The second kappa shape index (κ2) is 9.19. The van der Waals surface area contributed by atoms with Crippen LogP contribution in [0.1, 0.15) is 6.42 Å². The predicted octanol–water partition coefficient (Wildman–Crippen LogP) is 1.63. The maximum absolute atomic E-state index is 13.9. The van der Waals surface area contributed by atoms with E-state index in [1.807, 2.05) is 15.9 Å². The molecular weight excluding hydrogens is 335 g/mol. The molecule has 0 spiro atoms. The van der Waals surface area contributed by atoms with Crippen LogP contribution in [0, 0.1) is 11.7 Å². The molecule has 26 heavy (non-hydrogen) atoms. The third-order valence-electron chi connectivity index (χ3n) is 5.28. The smallest absolute Gasteiger partial charge is 0.317 e. The number of anilines is 1. The van der Waals surface area contributed by atoms with Gasteiger partial charge in [-0.05, 0) is 31.0 Å². The first-order valence-electron chi connectivity index (χ1n) is 9.41. The topological polar surface area (TPSA) is 48.1 Å². The molecule has 2 fully saturated rings. The van der Waals surface area contributed by atoms with E-state index in [4.69, 9.17) is 4.74 Å². The minimum absolute atomic E-state index is 0.00600. The van der Waals surface area contributed by atoms with Gasteiger partial charge in [0.15, 0.2) is 0 Å². The van der Waals surface area contributed by atoms with Crippen LogP contribution in [-0.2, 0) is 4.74 Å². The van der Waals surface area contributed by atoms with Crippen LogP contribution >= 0.6 is 0 Å². The van der Waals surface area contributed by atoms with E-state index in [0.717, 1.165) is 39.2 Å². The van der Waals surface area contributed by atoms with E-state index in [2.05, 4.69) is 10.2 Å². The SMILES string of the molecule is COCCN1CC[C@H](CNC(=O)N2CCN(c3ccccc3F)CC2)C1. The number of hydrogen-bond donors (Lipinski definition) is 1. The van der Waals surface area contributed by atoms with Crippen molar-refractivity contribution in [3.8, 4) is 0 Å². The van der Waals surface area contributed by atoms with E-state index < -0.39 is 0 Å². The Kier molecular flexibility index (Phi) is 6.68. The van der Waals surface area contributed by atoms with Gasteiger partial charge in [-0.15, -0.1) is 0 Å². The molecule has 0 saturated carbocycles. The fraction of sp³-hybridized carbons (Fsp3) is 0.632. The lowest BCUT2D eigenvalue weighted by molar-refractivity contribution is 0.158. The number of amides is 2. The van der Waals surface area contributed by atoms with Crippen LogP contribution < -0.4 is 10.2 Å². The highest BCUT2D eigenvalue weighted by molar-refractivity contribution is 5.74. The van der Waals surface area contributed by atoms with Crippen LogP contribution in [0.4, 0.5) is 14.9 Å². The number of carbonyl (C=O) groups excluding carboxylic acids is 1. The van der Waals surface area contributed by atoms with Gasteiger partial charge < -0.3 is 24.8 Å². The van der Waals surface area contributed by atoms with Crippen molar-refractivity contribution in [2.75, 3.05) is 71.0 Å². The minimum atomic E-state index is -0.204. The highest BCUT2D eigenvalue weighted by Crippen LogP contribution is 2.20. The minimum Gasteiger partial charge on any atom is -0.383 e. The van der Waals surface area contributed by atoms with E-state index in [9.17, 15) is 9.18 Å². The molecule has 3 rings (SSSR count). The number of ether oxygens (including phenoxy) is 1. The number of benzene rings is 1. The summed E-state index contributed by atoms with van der Waals surface area (Å²) in [5.74, 6) is 0.306. The Hall–Kier alpha value is -1.86. The van der Waals surface area contributed by atoms with E-state index in [0.29, 0.717) is 37.8 Å². The number of methoxy groups -OCH3 is 1. The lowest BCUT2D eigenvalue weighted by Gasteiger charge is -2.36. The van der Waals surface area contributed by atoms with Gasteiger partial charge in [-0.25, -0.2) is 9.18 Å². The molecule has 1 aromatic carbocycles.